The lowest BCUT2D eigenvalue weighted by Gasteiger charge is -2.11. The molecule has 0 aliphatic carbocycles. The van der Waals surface area contributed by atoms with Crippen LogP contribution in [0.3, 0.4) is 0 Å². The summed E-state index contributed by atoms with van der Waals surface area (Å²) in [5, 5.41) is 0.530. The van der Waals surface area contributed by atoms with Crippen molar-refractivity contribution in [2.75, 3.05) is 4.72 Å². The van der Waals surface area contributed by atoms with Gasteiger partial charge < -0.3 is 5.73 Å². The highest BCUT2D eigenvalue weighted by molar-refractivity contribution is 7.91. The molecule has 0 spiro atoms. The number of hydrogen-bond acceptors (Lipinski definition) is 3. The molecular weight excluding hydrogens is 308 g/mol. The van der Waals surface area contributed by atoms with Crippen LogP contribution >= 0.6 is 11.6 Å². The minimum atomic E-state index is -3.49. The summed E-state index contributed by atoms with van der Waals surface area (Å²) in [7, 11) is -3.49. The molecule has 3 N–H and O–H groups in total. The van der Waals surface area contributed by atoms with Crippen molar-refractivity contribution in [2.24, 2.45) is 5.73 Å². The standard InChI is InChI=1S/C15H17ClN2O2S/c1-11-14(16)3-2-4-15(11)18-21(19,20)10-13-7-5-12(9-17)6-8-13/h2-8,18H,9-10,17H2,1H3. The Morgan fingerprint density at radius 3 is 2.33 bits per heavy atom. The molecule has 0 bridgehead atoms. The average Bonchev–Trinajstić information content (AvgIpc) is 2.44. The Balaban J connectivity index is 2.16. The number of benzene rings is 2. The SMILES string of the molecule is Cc1c(Cl)cccc1NS(=O)(=O)Cc1ccc(CN)cc1. The first kappa shape index (κ1) is 15.8. The van der Waals surface area contributed by atoms with Crippen molar-refractivity contribution in [2.45, 2.75) is 19.2 Å². The Labute approximate surface area is 130 Å². The van der Waals surface area contributed by atoms with Gasteiger partial charge in [-0.05, 0) is 35.7 Å². The van der Waals surface area contributed by atoms with Gasteiger partial charge in [0.1, 0.15) is 0 Å². The van der Waals surface area contributed by atoms with E-state index in [0.29, 0.717) is 28.4 Å². The molecule has 0 radical (unpaired) electrons. The van der Waals surface area contributed by atoms with Gasteiger partial charge in [-0.3, -0.25) is 4.72 Å². The summed E-state index contributed by atoms with van der Waals surface area (Å²) in [4.78, 5) is 0. The van der Waals surface area contributed by atoms with Gasteiger partial charge in [0.05, 0.1) is 11.4 Å². The largest absolute Gasteiger partial charge is 0.326 e. The molecule has 0 fully saturated rings. The second-order valence-electron chi connectivity index (χ2n) is 4.79. The van der Waals surface area contributed by atoms with Crippen LogP contribution in [-0.2, 0) is 22.3 Å². The Morgan fingerprint density at radius 1 is 1.10 bits per heavy atom. The van der Waals surface area contributed by atoms with Gasteiger partial charge in [0, 0.05) is 11.6 Å². The minimum absolute atomic E-state index is 0.0934. The smallest absolute Gasteiger partial charge is 0.236 e. The molecule has 2 aromatic carbocycles. The maximum absolute atomic E-state index is 12.2. The molecule has 21 heavy (non-hydrogen) atoms. The van der Waals surface area contributed by atoms with Crippen molar-refractivity contribution in [3.05, 3.63) is 64.2 Å². The van der Waals surface area contributed by atoms with Crippen LogP contribution in [0.25, 0.3) is 0 Å². The van der Waals surface area contributed by atoms with Crippen LogP contribution in [0, 0.1) is 6.92 Å². The zero-order valence-corrected chi connectivity index (χ0v) is 13.2. The number of halogens is 1. The number of anilines is 1. The Kier molecular flexibility index (Phi) is 4.88. The van der Waals surface area contributed by atoms with E-state index < -0.39 is 10.0 Å². The number of nitrogens with one attached hydrogen (secondary N) is 1. The number of nitrogens with two attached hydrogens (primary N) is 1. The number of hydrogen-bond donors (Lipinski definition) is 2. The third-order valence-corrected chi connectivity index (χ3v) is 4.80. The fraction of sp³-hybridized carbons (Fsp3) is 0.200. The predicted molar refractivity (Wildman–Crippen MR) is 86.8 cm³/mol. The molecule has 4 nitrogen and oxygen atoms in total. The van der Waals surface area contributed by atoms with Crippen molar-refractivity contribution in [3.63, 3.8) is 0 Å². The Morgan fingerprint density at radius 2 is 1.71 bits per heavy atom. The van der Waals surface area contributed by atoms with E-state index in [2.05, 4.69) is 4.72 Å². The van der Waals surface area contributed by atoms with E-state index in [1.54, 1.807) is 37.3 Å². The van der Waals surface area contributed by atoms with E-state index >= 15 is 0 Å². The molecule has 0 unspecified atom stereocenters. The Hall–Kier alpha value is -1.56. The summed E-state index contributed by atoms with van der Waals surface area (Å²) < 4.78 is 27.0. The van der Waals surface area contributed by atoms with Gasteiger partial charge in [0.2, 0.25) is 10.0 Å². The number of rotatable bonds is 5. The zero-order chi connectivity index (χ0) is 15.5. The van der Waals surface area contributed by atoms with E-state index in [-0.39, 0.29) is 5.75 Å². The van der Waals surface area contributed by atoms with Crippen molar-refractivity contribution in [1.82, 2.24) is 0 Å². The van der Waals surface area contributed by atoms with Crippen LogP contribution in [0.4, 0.5) is 5.69 Å². The molecule has 0 heterocycles. The Bertz CT molecular complexity index is 728. The fourth-order valence-electron chi connectivity index (χ4n) is 1.91. The first-order valence-electron chi connectivity index (χ1n) is 6.45. The molecule has 0 aliphatic rings. The summed E-state index contributed by atoms with van der Waals surface area (Å²) in [5.74, 6) is -0.0934. The summed E-state index contributed by atoms with van der Waals surface area (Å²) in [6.45, 7) is 2.21. The van der Waals surface area contributed by atoms with Crippen LogP contribution in [0.1, 0.15) is 16.7 Å². The molecule has 0 saturated heterocycles. The monoisotopic (exact) mass is 324 g/mol. The van der Waals surface area contributed by atoms with Crippen LogP contribution in [0.5, 0.6) is 0 Å². The van der Waals surface area contributed by atoms with Gasteiger partial charge in [0.25, 0.3) is 0 Å². The van der Waals surface area contributed by atoms with Crippen LogP contribution in [0.2, 0.25) is 5.02 Å². The van der Waals surface area contributed by atoms with Gasteiger partial charge >= 0.3 is 0 Å². The van der Waals surface area contributed by atoms with Crippen molar-refractivity contribution < 1.29 is 8.42 Å². The van der Waals surface area contributed by atoms with Crippen molar-refractivity contribution in [3.8, 4) is 0 Å². The molecule has 0 aromatic heterocycles. The molecule has 0 atom stereocenters. The van der Waals surface area contributed by atoms with Gasteiger partial charge in [-0.25, -0.2) is 8.42 Å². The number of sulfonamides is 1. The van der Waals surface area contributed by atoms with E-state index in [9.17, 15) is 8.42 Å². The summed E-state index contributed by atoms with van der Waals surface area (Å²) >= 11 is 5.99. The summed E-state index contributed by atoms with van der Waals surface area (Å²) in [6.07, 6.45) is 0. The lowest BCUT2D eigenvalue weighted by atomic mass is 10.1. The summed E-state index contributed by atoms with van der Waals surface area (Å²) in [5.41, 5.74) is 8.40. The van der Waals surface area contributed by atoms with Gasteiger partial charge in [0.15, 0.2) is 0 Å². The summed E-state index contributed by atoms with van der Waals surface area (Å²) in [6, 6.07) is 12.3. The van der Waals surface area contributed by atoms with Crippen molar-refractivity contribution in [1.29, 1.82) is 0 Å². The second kappa shape index (κ2) is 6.47. The zero-order valence-electron chi connectivity index (χ0n) is 11.6. The van der Waals surface area contributed by atoms with E-state index in [1.807, 2.05) is 12.1 Å². The normalized spacial score (nSPS) is 11.4. The predicted octanol–water partition coefficient (Wildman–Crippen LogP) is 3.05. The average molecular weight is 325 g/mol. The molecule has 6 heteroatoms. The maximum atomic E-state index is 12.2. The maximum Gasteiger partial charge on any atom is 0.236 e. The highest BCUT2D eigenvalue weighted by Crippen LogP contribution is 2.24. The molecule has 0 amide bonds. The van der Waals surface area contributed by atoms with E-state index in [0.717, 1.165) is 5.56 Å². The topological polar surface area (TPSA) is 72.2 Å². The van der Waals surface area contributed by atoms with Crippen molar-refractivity contribution >= 4 is 27.3 Å². The fourth-order valence-corrected chi connectivity index (χ4v) is 3.35. The lowest BCUT2D eigenvalue weighted by molar-refractivity contribution is 0.600. The highest BCUT2D eigenvalue weighted by atomic mass is 35.5. The van der Waals surface area contributed by atoms with Crippen LogP contribution in [0.15, 0.2) is 42.5 Å². The van der Waals surface area contributed by atoms with Gasteiger partial charge in [-0.1, -0.05) is 41.9 Å². The highest BCUT2D eigenvalue weighted by Gasteiger charge is 2.13. The minimum Gasteiger partial charge on any atom is -0.326 e. The van der Waals surface area contributed by atoms with Crippen LogP contribution in [-0.4, -0.2) is 8.42 Å². The molecule has 0 saturated carbocycles. The third-order valence-electron chi connectivity index (χ3n) is 3.15. The van der Waals surface area contributed by atoms with E-state index in [1.165, 1.54) is 0 Å². The van der Waals surface area contributed by atoms with Crippen LogP contribution < -0.4 is 10.5 Å². The first-order valence-corrected chi connectivity index (χ1v) is 8.48. The van der Waals surface area contributed by atoms with E-state index in [4.69, 9.17) is 17.3 Å². The first-order chi connectivity index (χ1) is 9.91. The molecule has 2 rings (SSSR count). The van der Waals surface area contributed by atoms with Gasteiger partial charge in [-0.15, -0.1) is 0 Å². The van der Waals surface area contributed by atoms with Gasteiger partial charge in [-0.2, -0.15) is 0 Å². The lowest BCUT2D eigenvalue weighted by Crippen LogP contribution is -2.16. The molecule has 112 valence electrons. The molecular formula is C15H17ClN2O2S. The molecule has 2 aromatic rings. The third kappa shape index (κ3) is 4.20. The second-order valence-corrected chi connectivity index (χ2v) is 6.92. The molecule has 0 aliphatic heterocycles. The quantitative estimate of drug-likeness (QED) is 0.888.